The molecule has 15 heavy (non-hydrogen) atoms. The fraction of sp³-hybridized carbons (Fsp3) is 0.667. The monoisotopic (exact) mass is 232 g/mol. The first kappa shape index (κ1) is 12.0. The molecule has 0 aliphatic carbocycles. The van der Waals surface area contributed by atoms with Gasteiger partial charge in [0.2, 0.25) is 5.91 Å². The van der Waals surface area contributed by atoms with Gasteiger partial charge in [-0.3, -0.25) is 14.5 Å². The predicted octanol–water partition coefficient (Wildman–Crippen LogP) is 1.37. The number of imide groups is 2. The molecule has 84 valence electrons. The summed E-state index contributed by atoms with van der Waals surface area (Å²) in [7, 11) is 0. The molecule has 1 atom stereocenters. The highest BCUT2D eigenvalue weighted by atomic mass is 35.5. The quantitative estimate of drug-likeness (QED) is 0.546. The van der Waals surface area contributed by atoms with Crippen molar-refractivity contribution in [3.05, 3.63) is 0 Å². The minimum Gasteiger partial charge on any atom is -0.274 e. The highest BCUT2D eigenvalue weighted by Crippen LogP contribution is 2.16. The SMILES string of the molecule is CCC(C)CN1C(=O)CC(=O)N(Cl)C1=O. The molecule has 0 aromatic rings. The molecular weight excluding hydrogens is 220 g/mol. The molecule has 6 heteroatoms. The molecule has 0 aromatic carbocycles. The van der Waals surface area contributed by atoms with Gasteiger partial charge in [-0.15, -0.1) is 0 Å². The van der Waals surface area contributed by atoms with Gasteiger partial charge < -0.3 is 0 Å². The molecule has 0 saturated carbocycles. The van der Waals surface area contributed by atoms with Crippen LogP contribution in [0.1, 0.15) is 26.7 Å². The van der Waals surface area contributed by atoms with E-state index in [0.29, 0.717) is 11.0 Å². The Bertz CT molecular complexity index is 306. The van der Waals surface area contributed by atoms with Crippen LogP contribution >= 0.6 is 11.8 Å². The summed E-state index contributed by atoms with van der Waals surface area (Å²) in [5, 5.41) is 0. The van der Waals surface area contributed by atoms with Crippen LogP contribution in [0, 0.1) is 5.92 Å². The van der Waals surface area contributed by atoms with E-state index in [1.165, 1.54) is 0 Å². The number of rotatable bonds is 3. The molecular formula is C9H13ClN2O3. The van der Waals surface area contributed by atoms with Crippen molar-refractivity contribution < 1.29 is 14.4 Å². The summed E-state index contributed by atoms with van der Waals surface area (Å²) in [6.07, 6.45) is 0.527. The highest BCUT2D eigenvalue weighted by Gasteiger charge is 2.37. The molecule has 0 bridgehead atoms. The van der Waals surface area contributed by atoms with Crippen LogP contribution in [-0.2, 0) is 9.59 Å². The predicted molar refractivity (Wildman–Crippen MR) is 53.9 cm³/mol. The molecule has 1 aliphatic rings. The normalized spacial score (nSPS) is 19.8. The average Bonchev–Trinajstić information content (AvgIpc) is 2.21. The zero-order valence-electron chi connectivity index (χ0n) is 8.70. The van der Waals surface area contributed by atoms with Crippen molar-refractivity contribution in [3.63, 3.8) is 0 Å². The van der Waals surface area contributed by atoms with Crippen molar-refractivity contribution in [2.45, 2.75) is 26.7 Å². The molecule has 1 rings (SSSR count). The van der Waals surface area contributed by atoms with Gasteiger partial charge in [0.05, 0.1) is 0 Å². The van der Waals surface area contributed by atoms with Crippen LogP contribution in [-0.4, -0.2) is 33.7 Å². The first-order valence-electron chi connectivity index (χ1n) is 4.80. The molecule has 1 heterocycles. The maximum absolute atomic E-state index is 11.5. The highest BCUT2D eigenvalue weighted by molar-refractivity contribution is 6.34. The van der Waals surface area contributed by atoms with Crippen molar-refractivity contribution in [3.8, 4) is 0 Å². The van der Waals surface area contributed by atoms with Gasteiger partial charge in [0.25, 0.3) is 5.91 Å². The van der Waals surface area contributed by atoms with E-state index in [1.807, 2.05) is 13.8 Å². The number of carbonyl (C=O) groups is 3. The van der Waals surface area contributed by atoms with Crippen LogP contribution in [0.2, 0.25) is 0 Å². The number of nitrogens with zero attached hydrogens (tertiary/aromatic N) is 2. The Kier molecular flexibility index (Phi) is 3.68. The van der Waals surface area contributed by atoms with Gasteiger partial charge in [0, 0.05) is 18.3 Å². The fourth-order valence-electron chi connectivity index (χ4n) is 1.23. The third-order valence-corrected chi connectivity index (χ3v) is 2.75. The Morgan fingerprint density at radius 3 is 2.47 bits per heavy atom. The second-order valence-corrected chi connectivity index (χ2v) is 3.99. The standard InChI is InChI=1S/C9H13ClN2O3/c1-3-6(2)5-11-7(13)4-8(14)12(10)9(11)15/h6H,3-5H2,1-2H3. The molecule has 1 fully saturated rings. The van der Waals surface area contributed by atoms with Crippen LogP contribution in [0.25, 0.3) is 0 Å². The summed E-state index contributed by atoms with van der Waals surface area (Å²) in [5.41, 5.74) is 0. The zero-order chi connectivity index (χ0) is 11.6. The summed E-state index contributed by atoms with van der Waals surface area (Å²) in [5.74, 6) is -0.926. The lowest BCUT2D eigenvalue weighted by Gasteiger charge is -2.29. The lowest BCUT2D eigenvalue weighted by Crippen LogP contribution is -2.52. The molecule has 0 aromatic heterocycles. The largest absolute Gasteiger partial charge is 0.348 e. The first-order chi connectivity index (χ1) is 6.97. The number of halogens is 1. The van der Waals surface area contributed by atoms with Gasteiger partial charge in [-0.25, -0.2) is 4.79 Å². The van der Waals surface area contributed by atoms with Crippen LogP contribution in [0.15, 0.2) is 0 Å². The minimum atomic E-state index is -0.738. The van der Waals surface area contributed by atoms with E-state index in [9.17, 15) is 14.4 Å². The number of barbiturate groups is 1. The van der Waals surface area contributed by atoms with Gasteiger partial charge in [-0.1, -0.05) is 20.3 Å². The Morgan fingerprint density at radius 1 is 1.33 bits per heavy atom. The van der Waals surface area contributed by atoms with Gasteiger partial charge in [0.1, 0.15) is 6.42 Å². The maximum Gasteiger partial charge on any atom is 0.348 e. The summed E-state index contributed by atoms with van der Waals surface area (Å²) in [6.45, 7) is 4.20. The fourth-order valence-corrected chi connectivity index (χ4v) is 1.39. The molecule has 1 aliphatic heterocycles. The van der Waals surface area contributed by atoms with Crippen LogP contribution in [0.4, 0.5) is 4.79 Å². The summed E-state index contributed by atoms with van der Waals surface area (Å²) in [4.78, 5) is 35.0. The Labute approximate surface area is 93.1 Å². The van der Waals surface area contributed by atoms with E-state index in [-0.39, 0.29) is 12.3 Å². The van der Waals surface area contributed by atoms with Crippen molar-refractivity contribution >= 4 is 29.6 Å². The Hall–Kier alpha value is -1.10. The van der Waals surface area contributed by atoms with Gasteiger partial charge in [-0.2, -0.15) is 4.42 Å². The molecule has 1 unspecified atom stereocenters. The third kappa shape index (κ3) is 2.47. The number of hydrogen-bond donors (Lipinski definition) is 0. The first-order valence-corrected chi connectivity index (χ1v) is 5.14. The molecule has 4 amide bonds. The van der Waals surface area contributed by atoms with Crippen LogP contribution in [0.3, 0.4) is 0 Å². The molecule has 0 N–H and O–H groups in total. The van der Waals surface area contributed by atoms with Crippen molar-refractivity contribution in [1.29, 1.82) is 0 Å². The van der Waals surface area contributed by atoms with E-state index in [0.717, 1.165) is 11.3 Å². The lowest BCUT2D eigenvalue weighted by molar-refractivity contribution is -0.139. The van der Waals surface area contributed by atoms with Crippen molar-refractivity contribution in [2.24, 2.45) is 5.92 Å². The molecule has 5 nitrogen and oxygen atoms in total. The van der Waals surface area contributed by atoms with Gasteiger partial charge >= 0.3 is 6.03 Å². The lowest BCUT2D eigenvalue weighted by atomic mass is 10.1. The number of hydrogen-bond acceptors (Lipinski definition) is 3. The van der Waals surface area contributed by atoms with Crippen molar-refractivity contribution in [1.82, 2.24) is 9.32 Å². The smallest absolute Gasteiger partial charge is 0.274 e. The number of amides is 4. The van der Waals surface area contributed by atoms with E-state index >= 15 is 0 Å². The summed E-state index contributed by atoms with van der Waals surface area (Å²) < 4.78 is 0.476. The summed E-state index contributed by atoms with van der Waals surface area (Å²) in [6, 6.07) is -0.738. The van der Waals surface area contributed by atoms with Crippen molar-refractivity contribution in [2.75, 3.05) is 6.54 Å². The zero-order valence-corrected chi connectivity index (χ0v) is 9.45. The van der Waals surface area contributed by atoms with Crippen LogP contribution < -0.4 is 0 Å². The molecule has 1 saturated heterocycles. The third-order valence-electron chi connectivity index (χ3n) is 2.41. The Morgan fingerprint density at radius 2 is 1.93 bits per heavy atom. The van der Waals surface area contributed by atoms with E-state index in [2.05, 4.69) is 0 Å². The van der Waals surface area contributed by atoms with E-state index in [4.69, 9.17) is 11.8 Å². The van der Waals surface area contributed by atoms with E-state index < -0.39 is 17.8 Å². The molecule has 0 spiro atoms. The van der Waals surface area contributed by atoms with Gasteiger partial charge in [-0.05, 0) is 5.92 Å². The molecule has 0 radical (unpaired) electrons. The van der Waals surface area contributed by atoms with Gasteiger partial charge in [0.15, 0.2) is 0 Å². The topological polar surface area (TPSA) is 57.7 Å². The summed E-state index contributed by atoms with van der Waals surface area (Å²) >= 11 is 5.44. The maximum atomic E-state index is 11.5. The minimum absolute atomic E-state index is 0.205. The second-order valence-electron chi connectivity index (χ2n) is 3.65. The Balaban J connectivity index is 2.75. The second kappa shape index (κ2) is 4.61. The average molecular weight is 233 g/mol. The number of urea groups is 1. The number of carbonyl (C=O) groups excluding carboxylic acids is 3. The van der Waals surface area contributed by atoms with Crippen LogP contribution in [0.5, 0.6) is 0 Å². The van der Waals surface area contributed by atoms with E-state index in [1.54, 1.807) is 0 Å².